The number of aliphatic imine (C=N–C) groups is 1. The van der Waals surface area contributed by atoms with Crippen molar-refractivity contribution < 1.29 is 22.7 Å². The van der Waals surface area contributed by atoms with E-state index < -0.39 is 34.5 Å². The van der Waals surface area contributed by atoms with Gasteiger partial charge in [-0.3, -0.25) is 14.6 Å². The smallest absolute Gasteiger partial charge is 0.325 e. The zero-order valence-corrected chi connectivity index (χ0v) is 19.0. The van der Waals surface area contributed by atoms with Gasteiger partial charge >= 0.3 is 5.97 Å². The molecule has 0 unspecified atom stereocenters. The highest BCUT2D eigenvalue weighted by atomic mass is 32.2. The number of nitrogens with one attached hydrogen (secondary N) is 2. The molecular formula is C22H29N5O5S. The Morgan fingerprint density at radius 1 is 0.970 bits per heavy atom. The number of nitrogens with two attached hydrogens (primary N) is 2. The van der Waals surface area contributed by atoms with Gasteiger partial charge in [-0.05, 0) is 24.0 Å². The first-order chi connectivity index (χ1) is 15.7. The summed E-state index contributed by atoms with van der Waals surface area (Å²) >= 11 is 0. The molecule has 0 saturated carbocycles. The van der Waals surface area contributed by atoms with E-state index in [2.05, 4.69) is 15.0 Å². The number of carbonyl (C=O) groups excluding carboxylic acids is 2. The highest BCUT2D eigenvalue weighted by Gasteiger charge is 2.25. The Labute approximate surface area is 193 Å². The molecular weight excluding hydrogens is 446 g/mol. The average molecular weight is 476 g/mol. The molecule has 10 nitrogen and oxygen atoms in total. The van der Waals surface area contributed by atoms with Crippen LogP contribution in [0, 0.1) is 0 Å². The molecule has 0 radical (unpaired) electrons. The van der Waals surface area contributed by atoms with Crippen LogP contribution in [0.15, 0.2) is 65.7 Å². The number of esters is 1. The van der Waals surface area contributed by atoms with Crippen LogP contribution in [0.3, 0.4) is 0 Å². The number of nitrogens with zero attached hydrogens (tertiary/aromatic N) is 1. The fraction of sp³-hybridized carbons (Fsp3) is 0.318. The first-order valence-electron chi connectivity index (χ1n) is 10.3. The number of benzene rings is 2. The molecule has 11 heteroatoms. The standard InChI is InChI=1S/C22H29N5O5S/c23-22(24)25-13-7-12-19(27-33(30,31)16-18-10-5-2-6-11-18)21(29)26-14-20(28)32-15-17-8-3-1-4-9-17/h1-6,8-11,19,27H,7,12-16H2,(H,26,29)(H4,23,24,25)/t19-/m1/s1. The van der Waals surface area contributed by atoms with Gasteiger partial charge in [-0.25, -0.2) is 13.1 Å². The maximum atomic E-state index is 12.6. The molecule has 1 atom stereocenters. The number of ether oxygens (including phenoxy) is 1. The lowest BCUT2D eigenvalue weighted by Crippen LogP contribution is -2.48. The Kier molecular flexibility index (Phi) is 10.3. The molecule has 0 saturated heterocycles. The van der Waals surface area contributed by atoms with Crippen molar-refractivity contribution in [3.05, 3.63) is 71.8 Å². The Morgan fingerprint density at radius 2 is 1.58 bits per heavy atom. The number of sulfonamides is 1. The Bertz CT molecular complexity index is 1030. The molecule has 0 heterocycles. The van der Waals surface area contributed by atoms with Crippen molar-refractivity contribution in [3.63, 3.8) is 0 Å². The summed E-state index contributed by atoms with van der Waals surface area (Å²) in [4.78, 5) is 28.5. The monoisotopic (exact) mass is 475 g/mol. The van der Waals surface area contributed by atoms with Crippen LogP contribution in [0.5, 0.6) is 0 Å². The maximum absolute atomic E-state index is 12.6. The summed E-state index contributed by atoms with van der Waals surface area (Å²) in [5.74, 6) is -1.67. The molecule has 2 aromatic carbocycles. The molecule has 0 aliphatic carbocycles. The largest absolute Gasteiger partial charge is 0.460 e. The molecule has 1 amide bonds. The second kappa shape index (κ2) is 13.2. The summed E-state index contributed by atoms with van der Waals surface area (Å²) < 4.78 is 32.7. The van der Waals surface area contributed by atoms with E-state index in [0.29, 0.717) is 12.0 Å². The molecule has 0 bridgehead atoms. The number of guanidine groups is 1. The first kappa shape index (κ1) is 25.8. The van der Waals surface area contributed by atoms with E-state index in [4.69, 9.17) is 16.2 Å². The van der Waals surface area contributed by atoms with Crippen molar-refractivity contribution in [1.29, 1.82) is 0 Å². The molecule has 2 rings (SSSR count). The van der Waals surface area contributed by atoms with E-state index in [9.17, 15) is 18.0 Å². The van der Waals surface area contributed by atoms with Gasteiger partial charge in [0.15, 0.2) is 5.96 Å². The van der Waals surface area contributed by atoms with E-state index in [0.717, 1.165) is 5.56 Å². The number of hydrogen-bond donors (Lipinski definition) is 4. The third-order valence-electron chi connectivity index (χ3n) is 4.43. The van der Waals surface area contributed by atoms with Gasteiger partial charge in [0.1, 0.15) is 19.2 Å². The number of hydrogen-bond acceptors (Lipinski definition) is 6. The normalized spacial score (nSPS) is 11.9. The van der Waals surface area contributed by atoms with Gasteiger partial charge in [0, 0.05) is 6.54 Å². The average Bonchev–Trinajstić information content (AvgIpc) is 2.79. The summed E-state index contributed by atoms with van der Waals surface area (Å²) in [7, 11) is -3.83. The molecule has 2 aromatic rings. The summed E-state index contributed by atoms with van der Waals surface area (Å²) in [6.45, 7) is -0.0939. The van der Waals surface area contributed by atoms with E-state index >= 15 is 0 Å². The van der Waals surface area contributed by atoms with Crippen molar-refractivity contribution in [1.82, 2.24) is 10.0 Å². The van der Waals surface area contributed by atoms with Gasteiger partial charge < -0.3 is 21.5 Å². The van der Waals surface area contributed by atoms with Crippen molar-refractivity contribution >= 4 is 27.9 Å². The van der Waals surface area contributed by atoms with Gasteiger partial charge in [0.25, 0.3) is 0 Å². The van der Waals surface area contributed by atoms with Crippen LogP contribution in [0.2, 0.25) is 0 Å². The van der Waals surface area contributed by atoms with Crippen LogP contribution < -0.4 is 21.5 Å². The van der Waals surface area contributed by atoms with Crippen LogP contribution in [-0.4, -0.2) is 45.4 Å². The van der Waals surface area contributed by atoms with Gasteiger partial charge in [-0.2, -0.15) is 0 Å². The van der Waals surface area contributed by atoms with Crippen molar-refractivity contribution in [2.24, 2.45) is 16.5 Å². The number of amides is 1. The minimum absolute atomic E-state index is 0.0706. The zero-order chi connectivity index (χ0) is 24.1. The number of rotatable bonds is 13. The molecule has 0 aliphatic rings. The predicted octanol–water partition coefficient (Wildman–Crippen LogP) is 0.388. The predicted molar refractivity (Wildman–Crippen MR) is 125 cm³/mol. The van der Waals surface area contributed by atoms with E-state index in [1.165, 1.54) is 0 Å². The van der Waals surface area contributed by atoms with Gasteiger partial charge in [-0.1, -0.05) is 60.7 Å². The van der Waals surface area contributed by atoms with Gasteiger partial charge in [-0.15, -0.1) is 0 Å². The lowest BCUT2D eigenvalue weighted by molar-refractivity contribution is -0.145. The van der Waals surface area contributed by atoms with E-state index in [1.807, 2.05) is 18.2 Å². The third kappa shape index (κ3) is 10.6. The lowest BCUT2D eigenvalue weighted by Gasteiger charge is -2.18. The van der Waals surface area contributed by atoms with E-state index in [1.54, 1.807) is 42.5 Å². The quantitative estimate of drug-likeness (QED) is 0.141. The molecule has 178 valence electrons. The first-order valence-corrected chi connectivity index (χ1v) is 12.0. The molecule has 0 aromatic heterocycles. The van der Waals surface area contributed by atoms with E-state index in [-0.39, 0.29) is 31.3 Å². The van der Waals surface area contributed by atoms with Gasteiger partial charge in [0.05, 0.1) is 5.75 Å². The summed E-state index contributed by atoms with van der Waals surface area (Å²) in [5, 5.41) is 2.43. The highest BCUT2D eigenvalue weighted by molar-refractivity contribution is 7.88. The minimum Gasteiger partial charge on any atom is -0.460 e. The fourth-order valence-corrected chi connectivity index (χ4v) is 4.24. The zero-order valence-electron chi connectivity index (χ0n) is 18.1. The summed E-state index contributed by atoms with van der Waals surface area (Å²) in [6.07, 6.45) is 0.484. The van der Waals surface area contributed by atoms with Crippen LogP contribution in [0.25, 0.3) is 0 Å². The Hall–Kier alpha value is -3.44. The van der Waals surface area contributed by atoms with Crippen molar-refractivity contribution in [3.8, 4) is 0 Å². The second-order valence-electron chi connectivity index (χ2n) is 7.23. The SMILES string of the molecule is NC(N)=NCCC[C@@H](NS(=O)(=O)Cc1ccccc1)C(=O)NCC(=O)OCc1ccccc1. The Morgan fingerprint density at radius 3 is 2.18 bits per heavy atom. The lowest BCUT2D eigenvalue weighted by atomic mass is 10.1. The van der Waals surface area contributed by atoms with Crippen LogP contribution >= 0.6 is 0 Å². The maximum Gasteiger partial charge on any atom is 0.325 e. The molecule has 0 spiro atoms. The second-order valence-corrected chi connectivity index (χ2v) is 8.98. The van der Waals surface area contributed by atoms with Gasteiger partial charge in [0.2, 0.25) is 15.9 Å². The molecule has 0 aliphatic heterocycles. The summed E-state index contributed by atoms with van der Waals surface area (Å²) in [5.41, 5.74) is 12.0. The van der Waals surface area contributed by atoms with Crippen LogP contribution in [0.4, 0.5) is 0 Å². The minimum atomic E-state index is -3.83. The third-order valence-corrected chi connectivity index (χ3v) is 5.79. The Balaban J connectivity index is 1.93. The molecule has 6 N–H and O–H groups in total. The van der Waals surface area contributed by atoms with Crippen molar-refractivity contribution in [2.75, 3.05) is 13.1 Å². The molecule has 0 fully saturated rings. The fourth-order valence-electron chi connectivity index (χ4n) is 2.87. The summed E-state index contributed by atoms with van der Waals surface area (Å²) in [6, 6.07) is 16.6. The molecule has 33 heavy (non-hydrogen) atoms. The number of carbonyl (C=O) groups is 2. The van der Waals surface area contributed by atoms with Crippen molar-refractivity contribution in [2.45, 2.75) is 31.2 Å². The highest BCUT2D eigenvalue weighted by Crippen LogP contribution is 2.08. The van der Waals surface area contributed by atoms with Crippen LogP contribution in [0.1, 0.15) is 24.0 Å². The van der Waals surface area contributed by atoms with Crippen LogP contribution in [-0.2, 0) is 36.7 Å². The topological polar surface area (TPSA) is 166 Å².